The topological polar surface area (TPSA) is 52.6 Å². The van der Waals surface area contributed by atoms with Crippen LogP contribution >= 0.6 is 0 Å². The van der Waals surface area contributed by atoms with Gasteiger partial charge < -0.3 is 9.47 Å². The van der Waals surface area contributed by atoms with E-state index < -0.39 is 0 Å². The Balaban J connectivity index is 2.11. The highest BCUT2D eigenvalue weighted by Crippen LogP contribution is 2.58. The predicted molar refractivity (Wildman–Crippen MR) is 81.8 cm³/mol. The van der Waals surface area contributed by atoms with Crippen LogP contribution in [0.5, 0.6) is 0 Å². The summed E-state index contributed by atoms with van der Waals surface area (Å²) in [6, 6.07) is 0. The van der Waals surface area contributed by atoms with E-state index in [9.17, 15) is 9.59 Å². The van der Waals surface area contributed by atoms with Gasteiger partial charge in [-0.05, 0) is 31.6 Å². The van der Waals surface area contributed by atoms with Gasteiger partial charge in [-0.2, -0.15) is 0 Å². The average molecular weight is 304 g/mol. The van der Waals surface area contributed by atoms with E-state index in [1.54, 1.807) is 0 Å². The van der Waals surface area contributed by atoms with E-state index in [1.807, 2.05) is 0 Å². The van der Waals surface area contributed by atoms with Crippen LogP contribution in [0, 0.1) is 23.2 Å². The van der Waals surface area contributed by atoms with Crippen LogP contribution in [0.3, 0.4) is 0 Å². The van der Waals surface area contributed by atoms with Crippen LogP contribution in [0.2, 0.25) is 0 Å². The van der Waals surface area contributed by atoms with Gasteiger partial charge in [0.15, 0.2) is 0 Å². The summed E-state index contributed by atoms with van der Waals surface area (Å²) >= 11 is 0. The first kappa shape index (κ1) is 15.3. The Bertz CT molecular complexity index is 576. The van der Waals surface area contributed by atoms with Crippen LogP contribution < -0.4 is 0 Å². The number of esters is 2. The van der Waals surface area contributed by atoms with Gasteiger partial charge in [0, 0.05) is 17.9 Å². The quantitative estimate of drug-likeness (QED) is 0.424. The van der Waals surface area contributed by atoms with Gasteiger partial charge in [0.2, 0.25) is 0 Å². The van der Waals surface area contributed by atoms with Crippen molar-refractivity contribution in [3.8, 4) is 0 Å². The summed E-state index contributed by atoms with van der Waals surface area (Å²) in [7, 11) is 0. The molecule has 6 atom stereocenters. The molecule has 2 fully saturated rings. The van der Waals surface area contributed by atoms with Gasteiger partial charge in [-0.1, -0.05) is 32.1 Å². The Morgan fingerprint density at radius 1 is 1.50 bits per heavy atom. The van der Waals surface area contributed by atoms with Gasteiger partial charge in [-0.3, -0.25) is 4.79 Å². The van der Waals surface area contributed by atoms with Crippen LogP contribution in [-0.2, 0) is 19.1 Å². The Kier molecular flexibility index (Phi) is 3.46. The molecule has 0 aromatic rings. The number of fused-ring (bicyclic) bond motifs is 2. The lowest BCUT2D eigenvalue weighted by atomic mass is 9.65. The Morgan fingerprint density at radius 3 is 2.82 bits per heavy atom. The molecule has 0 N–H and O–H groups in total. The zero-order valence-corrected chi connectivity index (χ0v) is 13.7. The highest BCUT2D eigenvalue weighted by atomic mass is 16.6. The molecule has 0 bridgehead atoms. The molecule has 1 saturated carbocycles. The molecule has 0 spiro atoms. The average Bonchev–Trinajstić information content (AvgIpc) is 2.84. The number of carbonyl (C=O) groups excluding carboxylic acids is 2. The van der Waals surface area contributed by atoms with Crippen LogP contribution in [-0.4, -0.2) is 24.1 Å². The van der Waals surface area contributed by atoms with Crippen molar-refractivity contribution >= 4 is 11.9 Å². The maximum atomic E-state index is 12.0. The molecular weight excluding hydrogens is 280 g/mol. The van der Waals surface area contributed by atoms with Crippen molar-refractivity contribution < 1.29 is 19.1 Å². The first-order valence-corrected chi connectivity index (χ1v) is 8.01. The third-order valence-electron chi connectivity index (χ3n) is 6.12. The molecule has 120 valence electrons. The van der Waals surface area contributed by atoms with E-state index in [4.69, 9.17) is 9.47 Å². The normalized spacial score (nSPS) is 43.8. The van der Waals surface area contributed by atoms with Crippen molar-refractivity contribution in [1.29, 1.82) is 0 Å². The van der Waals surface area contributed by atoms with E-state index in [-0.39, 0.29) is 35.5 Å². The first-order valence-electron chi connectivity index (χ1n) is 8.01. The number of carbonyl (C=O) groups is 2. The van der Waals surface area contributed by atoms with E-state index in [0.717, 1.165) is 12.8 Å². The minimum Gasteiger partial charge on any atom is -0.461 e. The smallest absolute Gasteiger partial charge is 0.334 e. The fourth-order valence-electron chi connectivity index (χ4n) is 4.82. The molecule has 0 aromatic carbocycles. The number of rotatable bonds is 1. The molecule has 0 aromatic heterocycles. The second kappa shape index (κ2) is 4.97. The van der Waals surface area contributed by atoms with Crippen LogP contribution in [0.4, 0.5) is 0 Å². The summed E-state index contributed by atoms with van der Waals surface area (Å²) in [5, 5.41) is 0. The number of hydrogen-bond donors (Lipinski definition) is 0. The zero-order valence-electron chi connectivity index (χ0n) is 13.7. The van der Waals surface area contributed by atoms with Gasteiger partial charge in [0.1, 0.15) is 12.2 Å². The number of hydrogen-bond acceptors (Lipinski definition) is 4. The molecule has 3 aliphatic rings. The van der Waals surface area contributed by atoms with Crippen molar-refractivity contribution in [3.05, 3.63) is 23.8 Å². The molecule has 0 amide bonds. The van der Waals surface area contributed by atoms with Gasteiger partial charge in [0.05, 0.1) is 5.92 Å². The van der Waals surface area contributed by atoms with Crippen molar-refractivity contribution in [2.24, 2.45) is 23.2 Å². The highest BCUT2D eigenvalue weighted by Gasteiger charge is 2.60. The molecule has 4 heteroatoms. The molecule has 0 radical (unpaired) electrons. The minimum absolute atomic E-state index is 0.227. The lowest BCUT2D eigenvalue weighted by Crippen LogP contribution is -2.46. The maximum absolute atomic E-state index is 12.0. The van der Waals surface area contributed by atoms with Crippen LogP contribution in [0.1, 0.15) is 40.5 Å². The van der Waals surface area contributed by atoms with E-state index in [1.165, 1.54) is 12.5 Å². The van der Waals surface area contributed by atoms with Crippen LogP contribution in [0.25, 0.3) is 0 Å². The second-order valence-corrected chi connectivity index (χ2v) is 7.25. The third kappa shape index (κ3) is 1.96. The first-order chi connectivity index (χ1) is 10.3. The van der Waals surface area contributed by atoms with Gasteiger partial charge >= 0.3 is 11.9 Å². The Labute approximate surface area is 131 Å². The molecule has 0 unspecified atom stereocenters. The zero-order chi connectivity index (χ0) is 16.2. The molecule has 4 nitrogen and oxygen atoms in total. The lowest BCUT2D eigenvalue weighted by Gasteiger charge is -2.42. The second-order valence-electron chi connectivity index (χ2n) is 7.25. The molecule has 3 rings (SSSR count). The van der Waals surface area contributed by atoms with Gasteiger partial charge in [-0.25, -0.2) is 4.79 Å². The maximum Gasteiger partial charge on any atom is 0.334 e. The molecule has 1 heterocycles. The summed E-state index contributed by atoms with van der Waals surface area (Å²) in [5.41, 5.74) is 1.43. The molecule has 22 heavy (non-hydrogen) atoms. The van der Waals surface area contributed by atoms with Gasteiger partial charge in [-0.15, -0.1) is 0 Å². The number of ether oxygens (including phenoxy) is 2. The predicted octanol–water partition coefficient (Wildman–Crippen LogP) is 3.03. The van der Waals surface area contributed by atoms with E-state index >= 15 is 0 Å². The SMILES string of the molecule is C=C1C(=O)O[C@H]2C[C@@H](C)[C@@H]3CC=C(C)[C@@]3(C)[C@@H](OC(C)=O)[C@H]12. The Morgan fingerprint density at radius 2 is 2.18 bits per heavy atom. The molecule has 1 saturated heterocycles. The minimum atomic E-state index is -0.386. The monoisotopic (exact) mass is 304 g/mol. The standard InChI is InChI=1S/C18H24O4/c1-9-8-14-15(11(3)17(20)22-14)16(21-12(4)19)18(5)10(2)6-7-13(9)18/h6,9,13-16H,3,7-8H2,1-2,4-5H3/t9-,13+,14+,15-,16+,18-/m1/s1. The van der Waals surface area contributed by atoms with Crippen LogP contribution in [0.15, 0.2) is 23.8 Å². The lowest BCUT2D eigenvalue weighted by molar-refractivity contribution is -0.157. The fourth-order valence-corrected chi connectivity index (χ4v) is 4.82. The Hall–Kier alpha value is -1.58. The third-order valence-corrected chi connectivity index (χ3v) is 6.12. The summed E-state index contributed by atoms with van der Waals surface area (Å²) < 4.78 is 11.3. The molecule has 2 aliphatic carbocycles. The molecule has 1 aliphatic heterocycles. The van der Waals surface area contributed by atoms with Crippen molar-refractivity contribution in [3.63, 3.8) is 0 Å². The summed E-state index contributed by atoms with van der Waals surface area (Å²) in [5.74, 6) is -0.110. The summed E-state index contributed by atoms with van der Waals surface area (Å²) in [6.07, 6.45) is 3.42. The highest BCUT2D eigenvalue weighted by molar-refractivity contribution is 5.91. The van der Waals surface area contributed by atoms with Crippen molar-refractivity contribution in [2.45, 2.75) is 52.7 Å². The fraction of sp³-hybridized carbons (Fsp3) is 0.667. The van der Waals surface area contributed by atoms with Crippen molar-refractivity contribution in [1.82, 2.24) is 0 Å². The van der Waals surface area contributed by atoms with Crippen molar-refractivity contribution in [2.75, 3.05) is 0 Å². The van der Waals surface area contributed by atoms with E-state index in [2.05, 4.69) is 33.4 Å². The number of allylic oxidation sites excluding steroid dienone is 1. The van der Waals surface area contributed by atoms with E-state index in [0.29, 0.717) is 17.4 Å². The summed E-state index contributed by atoms with van der Waals surface area (Å²) in [6.45, 7) is 11.8. The van der Waals surface area contributed by atoms with Gasteiger partial charge in [0.25, 0.3) is 0 Å². The largest absolute Gasteiger partial charge is 0.461 e. The summed E-state index contributed by atoms with van der Waals surface area (Å²) in [4.78, 5) is 23.7. The molecular formula is C18H24O4.